The van der Waals surface area contributed by atoms with Gasteiger partial charge >= 0.3 is 5.69 Å². The monoisotopic (exact) mass is 418 g/mol. The summed E-state index contributed by atoms with van der Waals surface area (Å²) in [7, 11) is 2.00. The third-order valence-electron chi connectivity index (χ3n) is 5.16. The second kappa shape index (κ2) is 7.92. The summed E-state index contributed by atoms with van der Waals surface area (Å²) in [5, 5.41) is 4.27. The highest BCUT2D eigenvalue weighted by molar-refractivity contribution is 6.28. The summed E-state index contributed by atoms with van der Waals surface area (Å²) in [6.45, 7) is 3.84. The molecule has 1 aliphatic heterocycles. The lowest BCUT2D eigenvalue weighted by Gasteiger charge is -2.28. The number of anilines is 1. The van der Waals surface area contributed by atoms with Gasteiger partial charge in [0.1, 0.15) is 5.75 Å². The Balaban J connectivity index is 1.43. The number of fused-ring (bicyclic) bond motifs is 2. The van der Waals surface area contributed by atoms with Crippen molar-refractivity contribution >= 4 is 28.5 Å². The van der Waals surface area contributed by atoms with Crippen LogP contribution in [0.1, 0.15) is 19.8 Å². The fraction of sp³-hybridized carbons (Fsp3) is 0.421. The molecule has 0 radical (unpaired) electrons. The maximum Gasteiger partial charge on any atom is 0.332 e. The van der Waals surface area contributed by atoms with Crippen molar-refractivity contribution < 1.29 is 4.74 Å². The van der Waals surface area contributed by atoms with E-state index in [2.05, 4.69) is 20.0 Å². The van der Waals surface area contributed by atoms with Crippen molar-refractivity contribution in [1.29, 1.82) is 0 Å². The maximum atomic E-state index is 12.7. The highest BCUT2D eigenvalue weighted by atomic mass is 35.5. The molecule has 3 aromatic rings. The largest absolute Gasteiger partial charge is 0.470 e. The number of aromatic amines is 1. The first kappa shape index (κ1) is 19.5. The van der Waals surface area contributed by atoms with E-state index in [9.17, 15) is 9.59 Å². The molecule has 0 bridgehead atoms. The smallest absolute Gasteiger partial charge is 0.332 e. The first-order chi connectivity index (χ1) is 14.0. The minimum Gasteiger partial charge on any atom is -0.470 e. The highest BCUT2D eigenvalue weighted by Crippen LogP contribution is 2.33. The summed E-state index contributed by atoms with van der Waals surface area (Å²) in [4.78, 5) is 32.2. The van der Waals surface area contributed by atoms with Crippen molar-refractivity contribution in [3.8, 4) is 5.75 Å². The number of rotatable bonds is 7. The summed E-state index contributed by atoms with van der Waals surface area (Å²) < 4.78 is 8.40. The van der Waals surface area contributed by atoms with Crippen LogP contribution in [0.25, 0.3) is 11.2 Å². The van der Waals surface area contributed by atoms with Gasteiger partial charge in [-0.3, -0.25) is 18.9 Å². The molecule has 1 N–H and O–H groups in total. The summed E-state index contributed by atoms with van der Waals surface area (Å²) in [6, 6.07) is 7.91. The number of imidazole rings is 1. The molecule has 0 spiro atoms. The Kier molecular flexibility index (Phi) is 5.33. The van der Waals surface area contributed by atoms with Gasteiger partial charge in [-0.15, -0.1) is 0 Å². The molecule has 10 heteroatoms. The molecule has 154 valence electrons. The molecular formula is C19H23ClN6O3. The minimum atomic E-state index is -0.385. The Bertz CT molecular complexity index is 1150. The Morgan fingerprint density at radius 1 is 1.24 bits per heavy atom. The number of benzene rings is 1. The average molecular weight is 419 g/mol. The van der Waals surface area contributed by atoms with Crippen molar-refractivity contribution in [2.75, 3.05) is 25.3 Å². The number of nitrogens with zero attached hydrogens (tertiary/aromatic N) is 5. The molecule has 0 atom stereocenters. The van der Waals surface area contributed by atoms with Gasteiger partial charge in [-0.2, -0.15) is 4.98 Å². The van der Waals surface area contributed by atoms with Gasteiger partial charge in [-0.05, 0) is 43.5 Å². The van der Waals surface area contributed by atoms with Gasteiger partial charge in [0.05, 0.1) is 5.69 Å². The van der Waals surface area contributed by atoms with E-state index in [1.807, 2.05) is 38.2 Å². The zero-order valence-electron chi connectivity index (χ0n) is 16.4. The molecule has 1 aromatic carbocycles. The van der Waals surface area contributed by atoms with Crippen LogP contribution in [-0.4, -0.2) is 44.4 Å². The van der Waals surface area contributed by atoms with E-state index in [1.54, 1.807) is 0 Å². The molecule has 0 unspecified atom stereocenters. The Morgan fingerprint density at radius 3 is 2.83 bits per heavy atom. The number of aryl methyl sites for hydroxylation is 1. The van der Waals surface area contributed by atoms with Crippen LogP contribution < -0.4 is 21.0 Å². The molecule has 0 fully saturated rings. The number of para-hydroxylation sites is 2. The molecule has 9 nitrogen and oxygen atoms in total. The van der Waals surface area contributed by atoms with Crippen LogP contribution in [0, 0.1) is 0 Å². The van der Waals surface area contributed by atoms with Crippen LogP contribution in [0.3, 0.4) is 0 Å². The van der Waals surface area contributed by atoms with E-state index in [1.165, 1.54) is 9.13 Å². The van der Waals surface area contributed by atoms with Crippen molar-refractivity contribution in [2.24, 2.45) is 0 Å². The second-order valence-electron chi connectivity index (χ2n) is 6.94. The number of ether oxygens (including phenoxy) is 1. The quantitative estimate of drug-likeness (QED) is 0.466. The van der Waals surface area contributed by atoms with Crippen LogP contribution in [-0.2, 0) is 13.1 Å². The molecule has 0 saturated carbocycles. The van der Waals surface area contributed by atoms with Crippen molar-refractivity contribution in [3.05, 3.63) is 50.4 Å². The van der Waals surface area contributed by atoms with Gasteiger partial charge in [0.15, 0.2) is 17.9 Å². The van der Waals surface area contributed by atoms with Crippen LogP contribution >= 0.6 is 11.6 Å². The van der Waals surface area contributed by atoms with Crippen molar-refractivity contribution in [1.82, 2.24) is 24.1 Å². The minimum absolute atomic E-state index is 0.103. The molecular weight excluding hydrogens is 396 g/mol. The second-order valence-corrected chi connectivity index (χ2v) is 7.30. The normalized spacial score (nSPS) is 13.3. The van der Waals surface area contributed by atoms with Gasteiger partial charge in [0.2, 0.25) is 5.28 Å². The number of nitrogens with one attached hydrogen (secondary N) is 1. The van der Waals surface area contributed by atoms with Crippen LogP contribution in [0.15, 0.2) is 33.9 Å². The van der Waals surface area contributed by atoms with Crippen molar-refractivity contribution in [3.63, 3.8) is 0 Å². The fourth-order valence-corrected chi connectivity index (χ4v) is 3.80. The Labute approximate surface area is 172 Å². The summed E-state index contributed by atoms with van der Waals surface area (Å²) >= 11 is 5.90. The van der Waals surface area contributed by atoms with Gasteiger partial charge < -0.3 is 9.72 Å². The highest BCUT2D eigenvalue weighted by Gasteiger charge is 2.23. The summed E-state index contributed by atoms with van der Waals surface area (Å²) in [5.41, 5.74) is 0.863. The zero-order valence-corrected chi connectivity index (χ0v) is 17.1. The first-order valence-electron chi connectivity index (χ1n) is 9.60. The van der Waals surface area contributed by atoms with Crippen molar-refractivity contribution in [2.45, 2.75) is 32.9 Å². The summed E-state index contributed by atoms with van der Waals surface area (Å²) in [5.74, 6) is 0.873. The third-order valence-corrected chi connectivity index (χ3v) is 5.34. The van der Waals surface area contributed by atoms with Gasteiger partial charge in [-0.1, -0.05) is 12.1 Å². The third kappa shape index (κ3) is 3.51. The topological polar surface area (TPSA) is 88.4 Å². The lowest BCUT2D eigenvalue weighted by atomic mass is 10.3. The number of halogens is 1. The number of H-pyrrole nitrogens is 1. The number of unbranched alkanes of at least 4 members (excludes halogenated alkanes) is 1. The Hall–Kier alpha value is -2.78. The van der Waals surface area contributed by atoms with E-state index in [-0.39, 0.29) is 22.0 Å². The van der Waals surface area contributed by atoms with Gasteiger partial charge in [0, 0.05) is 26.7 Å². The first-order valence-corrected chi connectivity index (χ1v) is 9.98. The number of aromatic nitrogens is 4. The van der Waals surface area contributed by atoms with Gasteiger partial charge in [-0.25, -0.2) is 9.80 Å². The molecule has 3 heterocycles. The SMILES string of the molecule is CCn1c(=O)n(CCCCN(C)N2COc3ccccc32)c(=O)c2[nH]c(Cl)nc21. The lowest BCUT2D eigenvalue weighted by Crippen LogP contribution is -2.41. The standard InChI is InChI=1S/C19H23ClN6O3/c1-3-24-16-15(21-18(20)22-16)17(27)25(19(24)28)11-7-6-10-23(2)26-12-29-14-9-5-4-8-13(14)26/h4-5,8-9H,3,6-7,10-12H2,1-2H3,(H,21,22). The zero-order chi connectivity index (χ0) is 20.5. The number of hydrogen-bond acceptors (Lipinski definition) is 6. The fourth-order valence-electron chi connectivity index (χ4n) is 3.63. The van der Waals surface area contributed by atoms with Crippen LogP contribution in [0.5, 0.6) is 5.75 Å². The predicted octanol–water partition coefficient (Wildman–Crippen LogP) is 2.04. The average Bonchev–Trinajstić information content (AvgIpc) is 3.31. The van der Waals surface area contributed by atoms with E-state index in [0.29, 0.717) is 31.9 Å². The molecule has 2 aromatic heterocycles. The lowest BCUT2D eigenvalue weighted by molar-refractivity contribution is 0.234. The molecule has 0 amide bonds. The summed E-state index contributed by atoms with van der Waals surface area (Å²) in [6.07, 6.45) is 1.50. The number of hydrazine groups is 1. The van der Waals surface area contributed by atoms with Crippen LogP contribution in [0.4, 0.5) is 5.69 Å². The van der Waals surface area contributed by atoms with Gasteiger partial charge in [0.25, 0.3) is 5.56 Å². The predicted molar refractivity (Wildman–Crippen MR) is 112 cm³/mol. The number of hydrogen-bond donors (Lipinski definition) is 1. The van der Waals surface area contributed by atoms with E-state index in [0.717, 1.165) is 24.4 Å². The Morgan fingerprint density at radius 2 is 2.03 bits per heavy atom. The molecule has 0 saturated heterocycles. The molecule has 0 aliphatic carbocycles. The van der Waals surface area contributed by atoms with Crippen LogP contribution in [0.2, 0.25) is 5.28 Å². The molecule has 1 aliphatic rings. The van der Waals surface area contributed by atoms with E-state index >= 15 is 0 Å². The van der Waals surface area contributed by atoms with E-state index < -0.39 is 0 Å². The molecule has 4 rings (SSSR count). The maximum absolute atomic E-state index is 12.7. The van der Waals surface area contributed by atoms with E-state index in [4.69, 9.17) is 16.3 Å². The molecule has 29 heavy (non-hydrogen) atoms.